The Morgan fingerprint density at radius 2 is 2.06 bits per heavy atom. The van der Waals surface area contributed by atoms with Crippen molar-refractivity contribution in [2.75, 3.05) is 6.54 Å². The second kappa shape index (κ2) is 4.44. The predicted molar refractivity (Wildman–Crippen MR) is 64.2 cm³/mol. The number of nitrogens with zero attached hydrogens (tertiary/aromatic N) is 1. The van der Waals surface area contributed by atoms with E-state index in [9.17, 15) is 4.79 Å². The van der Waals surface area contributed by atoms with Crippen molar-refractivity contribution in [1.29, 1.82) is 0 Å². The van der Waals surface area contributed by atoms with Gasteiger partial charge in [0.15, 0.2) is 0 Å². The molecule has 3 nitrogen and oxygen atoms in total. The van der Waals surface area contributed by atoms with E-state index in [0.717, 1.165) is 5.56 Å². The van der Waals surface area contributed by atoms with Gasteiger partial charge in [-0.3, -0.25) is 4.79 Å². The molecule has 1 aliphatic rings. The van der Waals surface area contributed by atoms with Gasteiger partial charge in [0.2, 0.25) is 5.91 Å². The van der Waals surface area contributed by atoms with Crippen LogP contribution in [0.25, 0.3) is 0 Å². The lowest BCUT2D eigenvalue weighted by Gasteiger charge is -2.26. The third kappa shape index (κ3) is 1.93. The molecule has 0 spiro atoms. The summed E-state index contributed by atoms with van der Waals surface area (Å²) in [5.41, 5.74) is 7.07. The topological polar surface area (TPSA) is 46.3 Å². The maximum absolute atomic E-state index is 11.7. The van der Waals surface area contributed by atoms with Gasteiger partial charge in [0.25, 0.3) is 0 Å². The fourth-order valence-corrected chi connectivity index (χ4v) is 2.40. The molecule has 2 unspecified atom stereocenters. The first kappa shape index (κ1) is 11.4. The summed E-state index contributed by atoms with van der Waals surface area (Å²) >= 11 is 5.84. The molecule has 0 bridgehead atoms. The molecule has 1 aliphatic heterocycles. The van der Waals surface area contributed by atoms with E-state index in [0.29, 0.717) is 18.0 Å². The molecule has 2 rings (SSSR count). The third-order valence-electron chi connectivity index (χ3n) is 3.02. The van der Waals surface area contributed by atoms with Crippen LogP contribution in [0.5, 0.6) is 0 Å². The normalized spacial score (nSPS) is 25.2. The fourth-order valence-electron chi connectivity index (χ4n) is 2.28. The van der Waals surface area contributed by atoms with Gasteiger partial charge in [-0.15, -0.1) is 0 Å². The first-order valence-electron chi connectivity index (χ1n) is 5.44. The zero-order valence-corrected chi connectivity index (χ0v) is 9.95. The summed E-state index contributed by atoms with van der Waals surface area (Å²) in [6, 6.07) is 7.42. The minimum atomic E-state index is -0.117. The molecule has 1 saturated heterocycles. The van der Waals surface area contributed by atoms with Crippen molar-refractivity contribution in [2.45, 2.75) is 25.4 Å². The Bertz CT molecular complexity index is 391. The Morgan fingerprint density at radius 3 is 2.62 bits per heavy atom. The van der Waals surface area contributed by atoms with Crippen LogP contribution in [0.4, 0.5) is 0 Å². The Labute approximate surface area is 100 Å². The number of rotatable bonds is 2. The van der Waals surface area contributed by atoms with E-state index in [-0.39, 0.29) is 18.0 Å². The minimum Gasteiger partial charge on any atom is -0.334 e. The number of likely N-dealkylation sites (tertiary alicyclic amines) is 1. The van der Waals surface area contributed by atoms with Crippen LogP contribution in [-0.2, 0) is 4.79 Å². The highest BCUT2D eigenvalue weighted by atomic mass is 35.5. The van der Waals surface area contributed by atoms with Crippen molar-refractivity contribution in [3.05, 3.63) is 34.9 Å². The largest absolute Gasteiger partial charge is 0.334 e. The summed E-state index contributed by atoms with van der Waals surface area (Å²) in [6.07, 6.45) is 0.432. The van der Waals surface area contributed by atoms with Crippen LogP contribution in [-0.4, -0.2) is 23.4 Å². The Hall–Kier alpha value is -1.06. The van der Waals surface area contributed by atoms with Crippen molar-refractivity contribution in [2.24, 2.45) is 5.73 Å². The molecule has 0 aliphatic carbocycles. The van der Waals surface area contributed by atoms with Crippen molar-refractivity contribution in [1.82, 2.24) is 4.90 Å². The van der Waals surface area contributed by atoms with Gasteiger partial charge in [0.05, 0.1) is 6.04 Å². The van der Waals surface area contributed by atoms with Crippen LogP contribution < -0.4 is 5.73 Å². The number of carbonyl (C=O) groups excluding carboxylic acids is 1. The predicted octanol–water partition coefficient (Wildman–Crippen LogP) is 1.96. The first-order valence-corrected chi connectivity index (χ1v) is 5.81. The maximum atomic E-state index is 11.7. The van der Waals surface area contributed by atoms with Crippen molar-refractivity contribution >= 4 is 17.5 Å². The number of likely N-dealkylation sites (N-methyl/N-ethyl adjacent to an activating group) is 1. The van der Waals surface area contributed by atoms with Crippen LogP contribution in [0, 0.1) is 0 Å². The number of amides is 1. The van der Waals surface area contributed by atoms with E-state index >= 15 is 0 Å². The molecular formula is C12H15ClN2O. The van der Waals surface area contributed by atoms with E-state index in [4.69, 9.17) is 17.3 Å². The van der Waals surface area contributed by atoms with Gasteiger partial charge in [-0.25, -0.2) is 0 Å². The van der Waals surface area contributed by atoms with Crippen LogP contribution in [0.15, 0.2) is 24.3 Å². The number of nitrogens with two attached hydrogens (primary N) is 1. The molecule has 2 atom stereocenters. The minimum absolute atomic E-state index is 0.00485. The molecule has 1 fully saturated rings. The molecule has 16 heavy (non-hydrogen) atoms. The molecule has 86 valence electrons. The fraction of sp³-hybridized carbons (Fsp3) is 0.417. The SMILES string of the molecule is CCN1C(=O)CC(N)C1c1ccc(Cl)cc1. The van der Waals surface area contributed by atoms with Gasteiger partial charge in [-0.05, 0) is 24.6 Å². The summed E-state index contributed by atoms with van der Waals surface area (Å²) in [5.74, 6) is 0.134. The maximum Gasteiger partial charge on any atom is 0.224 e. The number of halogens is 1. The van der Waals surface area contributed by atoms with Crippen molar-refractivity contribution < 1.29 is 4.79 Å². The second-order valence-corrected chi connectivity index (χ2v) is 4.48. The van der Waals surface area contributed by atoms with E-state index < -0.39 is 0 Å². The highest BCUT2D eigenvalue weighted by Crippen LogP contribution is 2.32. The monoisotopic (exact) mass is 238 g/mol. The zero-order chi connectivity index (χ0) is 11.7. The third-order valence-corrected chi connectivity index (χ3v) is 3.28. The highest BCUT2D eigenvalue weighted by molar-refractivity contribution is 6.30. The average molecular weight is 239 g/mol. The molecule has 1 heterocycles. The standard InChI is InChI=1S/C12H15ClN2O/c1-2-15-11(16)7-10(14)12(15)8-3-5-9(13)6-4-8/h3-6,10,12H,2,7,14H2,1H3. The van der Waals surface area contributed by atoms with Crippen molar-refractivity contribution in [3.8, 4) is 0 Å². The quantitative estimate of drug-likeness (QED) is 0.856. The molecular weight excluding hydrogens is 224 g/mol. The van der Waals surface area contributed by atoms with Gasteiger partial charge in [0.1, 0.15) is 0 Å². The van der Waals surface area contributed by atoms with E-state index in [1.54, 1.807) is 0 Å². The first-order chi connectivity index (χ1) is 7.63. The number of hydrogen-bond acceptors (Lipinski definition) is 2. The van der Waals surface area contributed by atoms with Crippen LogP contribution in [0.3, 0.4) is 0 Å². The Balaban J connectivity index is 2.31. The lowest BCUT2D eigenvalue weighted by atomic mass is 10.0. The molecule has 1 aromatic rings. The summed E-state index contributed by atoms with van der Waals surface area (Å²) < 4.78 is 0. The molecule has 0 saturated carbocycles. The molecule has 0 aromatic heterocycles. The summed E-state index contributed by atoms with van der Waals surface area (Å²) in [4.78, 5) is 13.5. The summed E-state index contributed by atoms with van der Waals surface area (Å²) in [5, 5.41) is 0.699. The summed E-state index contributed by atoms with van der Waals surface area (Å²) in [7, 11) is 0. The van der Waals surface area contributed by atoms with E-state index in [1.165, 1.54) is 0 Å². The highest BCUT2D eigenvalue weighted by Gasteiger charge is 2.37. The lowest BCUT2D eigenvalue weighted by Crippen LogP contribution is -2.32. The number of carbonyl (C=O) groups is 1. The Kier molecular flexibility index (Phi) is 3.17. The lowest BCUT2D eigenvalue weighted by molar-refractivity contribution is -0.128. The second-order valence-electron chi connectivity index (χ2n) is 4.04. The van der Waals surface area contributed by atoms with Gasteiger partial charge < -0.3 is 10.6 Å². The van der Waals surface area contributed by atoms with Gasteiger partial charge in [-0.1, -0.05) is 23.7 Å². The molecule has 4 heteroatoms. The number of benzene rings is 1. The van der Waals surface area contributed by atoms with Crippen molar-refractivity contribution in [3.63, 3.8) is 0 Å². The van der Waals surface area contributed by atoms with Gasteiger partial charge in [0, 0.05) is 24.0 Å². The van der Waals surface area contributed by atoms with Crippen LogP contribution >= 0.6 is 11.6 Å². The van der Waals surface area contributed by atoms with Gasteiger partial charge in [-0.2, -0.15) is 0 Å². The van der Waals surface area contributed by atoms with E-state index in [1.807, 2.05) is 36.1 Å². The number of hydrogen-bond donors (Lipinski definition) is 1. The van der Waals surface area contributed by atoms with Gasteiger partial charge >= 0.3 is 0 Å². The Morgan fingerprint density at radius 1 is 1.44 bits per heavy atom. The molecule has 1 amide bonds. The summed E-state index contributed by atoms with van der Waals surface area (Å²) in [6.45, 7) is 2.67. The van der Waals surface area contributed by atoms with Crippen LogP contribution in [0.2, 0.25) is 5.02 Å². The van der Waals surface area contributed by atoms with Crippen LogP contribution in [0.1, 0.15) is 24.9 Å². The molecule has 0 radical (unpaired) electrons. The van der Waals surface area contributed by atoms with E-state index in [2.05, 4.69) is 0 Å². The zero-order valence-electron chi connectivity index (χ0n) is 9.19. The smallest absolute Gasteiger partial charge is 0.224 e. The molecule has 1 aromatic carbocycles. The molecule has 2 N–H and O–H groups in total. The average Bonchev–Trinajstić information content (AvgIpc) is 2.54.